The van der Waals surface area contributed by atoms with Gasteiger partial charge in [0.25, 0.3) is 5.56 Å². The second-order valence-electron chi connectivity index (χ2n) is 3.27. The highest BCUT2D eigenvalue weighted by Crippen LogP contribution is 2.15. The summed E-state index contributed by atoms with van der Waals surface area (Å²) in [6.45, 7) is 0. The number of hydrogen-bond acceptors (Lipinski definition) is 3. The lowest BCUT2D eigenvalue weighted by Crippen LogP contribution is -2.25. The maximum absolute atomic E-state index is 11.8. The van der Waals surface area contributed by atoms with Crippen molar-refractivity contribution in [1.29, 1.82) is 0 Å². The van der Waals surface area contributed by atoms with E-state index in [1.54, 1.807) is 6.07 Å². The molecule has 1 N–H and O–H groups in total. The summed E-state index contributed by atoms with van der Waals surface area (Å²) in [5.74, 6) is -1.55. The Hall–Kier alpha value is -1.88. The van der Waals surface area contributed by atoms with Crippen LogP contribution in [-0.2, 0) is 7.05 Å². The summed E-state index contributed by atoms with van der Waals surface area (Å²) < 4.78 is 0.999. The van der Waals surface area contributed by atoms with Gasteiger partial charge < -0.3 is 5.11 Å². The third-order valence-corrected chi connectivity index (χ3v) is 2.47. The lowest BCUT2D eigenvalue weighted by atomic mass is 10.2. The van der Waals surface area contributed by atoms with E-state index >= 15 is 0 Å². The van der Waals surface area contributed by atoms with E-state index in [-0.39, 0.29) is 11.3 Å². The zero-order chi connectivity index (χ0) is 11.9. The van der Waals surface area contributed by atoms with Crippen LogP contribution in [-0.4, -0.2) is 20.6 Å². The van der Waals surface area contributed by atoms with Crippen LogP contribution in [0.3, 0.4) is 0 Å². The molecular formula is C10H7ClN2O3. The molecule has 1 aromatic heterocycles. The Morgan fingerprint density at radius 2 is 2.19 bits per heavy atom. The molecule has 0 aliphatic heterocycles. The molecule has 0 spiro atoms. The Labute approximate surface area is 94.9 Å². The van der Waals surface area contributed by atoms with E-state index in [1.807, 2.05) is 0 Å². The second-order valence-corrected chi connectivity index (χ2v) is 3.70. The zero-order valence-electron chi connectivity index (χ0n) is 8.27. The SMILES string of the molecule is Cn1c(C(=O)O)nc2cc(Cl)ccc2c1=O. The summed E-state index contributed by atoms with van der Waals surface area (Å²) in [7, 11) is 1.37. The fourth-order valence-corrected chi connectivity index (χ4v) is 1.60. The van der Waals surface area contributed by atoms with Crippen molar-refractivity contribution < 1.29 is 9.90 Å². The molecule has 16 heavy (non-hydrogen) atoms. The number of aromatic carboxylic acids is 1. The molecule has 0 aliphatic carbocycles. The smallest absolute Gasteiger partial charge is 0.372 e. The molecule has 0 fully saturated rings. The Morgan fingerprint density at radius 1 is 1.50 bits per heavy atom. The fraction of sp³-hybridized carbons (Fsp3) is 0.100. The van der Waals surface area contributed by atoms with Crippen molar-refractivity contribution in [3.63, 3.8) is 0 Å². The molecule has 0 unspecified atom stereocenters. The minimum absolute atomic E-state index is 0.285. The van der Waals surface area contributed by atoms with Gasteiger partial charge in [-0.05, 0) is 18.2 Å². The van der Waals surface area contributed by atoms with Crippen LogP contribution in [0.5, 0.6) is 0 Å². The van der Waals surface area contributed by atoms with Crippen molar-refractivity contribution in [3.8, 4) is 0 Å². The minimum Gasteiger partial charge on any atom is -0.475 e. The average molecular weight is 239 g/mol. The van der Waals surface area contributed by atoms with Gasteiger partial charge in [0.1, 0.15) is 0 Å². The zero-order valence-corrected chi connectivity index (χ0v) is 9.02. The first-order valence-corrected chi connectivity index (χ1v) is 4.78. The summed E-state index contributed by atoms with van der Waals surface area (Å²) in [6, 6.07) is 4.55. The number of carboxylic acid groups (broad SMARTS) is 1. The van der Waals surface area contributed by atoms with Gasteiger partial charge in [-0.15, -0.1) is 0 Å². The lowest BCUT2D eigenvalue weighted by molar-refractivity contribution is 0.0678. The molecule has 0 bridgehead atoms. The molecule has 0 saturated heterocycles. The van der Waals surface area contributed by atoms with Crippen LogP contribution in [0.4, 0.5) is 0 Å². The van der Waals surface area contributed by atoms with Crippen LogP contribution < -0.4 is 5.56 Å². The van der Waals surface area contributed by atoms with Crippen molar-refractivity contribution in [2.75, 3.05) is 0 Å². The number of carboxylic acids is 1. The van der Waals surface area contributed by atoms with Crippen molar-refractivity contribution in [3.05, 3.63) is 39.4 Å². The van der Waals surface area contributed by atoms with Gasteiger partial charge in [-0.25, -0.2) is 9.78 Å². The Kier molecular flexibility index (Phi) is 2.40. The van der Waals surface area contributed by atoms with E-state index in [1.165, 1.54) is 19.2 Å². The Balaban J connectivity index is 2.94. The number of halogens is 1. The third-order valence-electron chi connectivity index (χ3n) is 2.23. The summed E-state index contributed by atoms with van der Waals surface area (Å²) in [6.07, 6.45) is 0. The van der Waals surface area contributed by atoms with Crippen molar-refractivity contribution in [1.82, 2.24) is 9.55 Å². The number of benzene rings is 1. The molecule has 0 saturated carbocycles. The van der Waals surface area contributed by atoms with Gasteiger partial charge in [0.05, 0.1) is 10.9 Å². The first kappa shape index (κ1) is 10.6. The van der Waals surface area contributed by atoms with Crippen LogP contribution in [0, 0.1) is 0 Å². The van der Waals surface area contributed by atoms with E-state index in [9.17, 15) is 9.59 Å². The maximum Gasteiger partial charge on any atom is 0.372 e. The molecule has 0 amide bonds. The highest BCUT2D eigenvalue weighted by molar-refractivity contribution is 6.31. The molecule has 6 heteroatoms. The monoisotopic (exact) mass is 238 g/mol. The predicted octanol–water partition coefficient (Wildman–Crippen LogP) is 1.29. The van der Waals surface area contributed by atoms with Crippen LogP contribution in [0.15, 0.2) is 23.0 Å². The number of rotatable bonds is 1. The topological polar surface area (TPSA) is 72.2 Å². The van der Waals surface area contributed by atoms with Gasteiger partial charge in [-0.1, -0.05) is 11.6 Å². The van der Waals surface area contributed by atoms with E-state index in [2.05, 4.69) is 4.98 Å². The molecule has 2 rings (SSSR count). The third kappa shape index (κ3) is 1.55. The highest BCUT2D eigenvalue weighted by atomic mass is 35.5. The average Bonchev–Trinajstić information content (AvgIpc) is 2.22. The van der Waals surface area contributed by atoms with Gasteiger partial charge in [-0.2, -0.15) is 0 Å². The fourth-order valence-electron chi connectivity index (χ4n) is 1.44. The molecule has 5 nitrogen and oxygen atoms in total. The number of nitrogens with zero attached hydrogens (tertiary/aromatic N) is 2. The highest BCUT2D eigenvalue weighted by Gasteiger charge is 2.13. The van der Waals surface area contributed by atoms with Crippen molar-refractivity contribution >= 4 is 28.5 Å². The molecule has 82 valence electrons. The molecule has 0 aliphatic rings. The number of hydrogen-bond donors (Lipinski definition) is 1. The molecule has 1 aromatic carbocycles. The number of carbonyl (C=O) groups is 1. The predicted molar refractivity (Wildman–Crippen MR) is 59.0 cm³/mol. The van der Waals surface area contributed by atoms with E-state index in [4.69, 9.17) is 16.7 Å². The molecule has 0 radical (unpaired) electrons. The van der Waals surface area contributed by atoms with Crippen LogP contribution in [0.1, 0.15) is 10.6 Å². The van der Waals surface area contributed by atoms with Crippen LogP contribution in [0.2, 0.25) is 5.02 Å². The molecular weight excluding hydrogens is 232 g/mol. The first-order chi connectivity index (χ1) is 7.50. The quantitative estimate of drug-likeness (QED) is 0.813. The standard InChI is InChI=1S/C10H7ClN2O3/c1-13-8(10(15)16)12-7-4-5(11)2-3-6(7)9(13)14/h2-4H,1H3,(H,15,16). The normalized spacial score (nSPS) is 10.6. The lowest BCUT2D eigenvalue weighted by Gasteiger charge is -2.05. The minimum atomic E-state index is -1.25. The van der Waals surface area contributed by atoms with E-state index in [0.29, 0.717) is 10.4 Å². The van der Waals surface area contributed by atoms with Crippen molar-refractivity contribution in [2.45, 2.75) is 0 Å². The van der Waals surface area contributed by atoms with Gasteiger partial charge >= 0.3 is 5.97 Å². The maximum atomic E-state index is 11.8. The van der Waals surface area contributed by atoms with Gasteiger partial charge in [0.15, 0.2) is 0 Å². The second kappa shape index (κ2) is 3.61. The summed E-state index contributed by atoms with van der Waals surface area (Å²) in [5, 5.41) is 9.62. The molecule has 0 atom stereocenters. The largest absolute Gasteiger partial charge is 0.475 e. The Morgan fingerprint density at radius 3 is 2.81 bits per heavy atom. The molecule has 1 heterocycles. The summed E-state index contributed by atoms with van der Waals surface area (Å²) >= 11 is 5.75. The number of aromatic nitrogens is 2. The Bertz CT molecular complexity index is 648. The van der Waals surface area contributed by atoms with Gasteiger partial charge in [0, 0.05) is 12.1 Å². The van der Waals surface area contributed by atoms with E-state index < -0.39 is 11.5 Å². The van der Waals surface area contributed by atoms with Crippen molar-refractivity contribution in [2.24, 2.45) is 7.05 Å². The number of fused-ring (bicyclic) bond motifs is 1. The van der Waals surface area contributed by atoms with Crippen LogP contribution >= 0.6 is 11.6 Å². The summed E-state index contributed by atoms with van der Waals surface area (Å²) in [5.41, 5.74) is -0.118. The summed E-state index contributed by atoms with van der Waals surface area (Å²) in [4.78, 5) is 26.5. The molecule has 2 aromatic rings. The van der Waals surface area contributed by atoms with Gasteiger partial charge in [-0.3, -0.25) is 9.36 Å². The first-order valence-electron chi connectivity index (χ1n) is 4.40. The van der Waals surface area contributed by atoms with Crippen LogP contribution in [0.25, 0.3) is 10.9 Å². The van der Waals surface area contributed by atoms with Gasteiger partial charge in [0.2, 0.25) is 5.82 Å². The van der Waals surface area contributed by atoms with E-state index in [0.717, 1.165) is 4.57 Å².